The molecular formula is C20H30Cl2N4O2. The molecule has 0 aliphatic carbocycles. The number of likely N-dealkylation sites (N-methyl/N-ethyl adjacent to an activating group) is 1. The Morgan fingerprint density at radius 3 is 2.43 bits per heavy atom. The van der Waals surface area contributed by atoms with Crippen LogP contribution in [0.3, 0.4) is 0 Å². The van der Waals surface area contributed by atoms with Gasteiger partial charge in [0.2, 0.25) is 0 Å². The van der Waals surface area contributed by atoms with Gasteiger partial charge in [-0.1, -0.05) is 37.0 Å². The average molecular weight is 429 g/mol. The molecule has 0 aromatic heterocycles. The van der Waals surface area contributed by atoms with Gasteiger partial charge in [-0.15, -0.1) is 0 Å². The molecular weight excluding hydrogens is 399 g/mol. The highest BCUT2D eigenvalue weighted by molar-refractivity contribution is 6.54. The molecule has 2 amide bonds. The number of carbonyl (C=O) groups excluding carboxylic acids is 2. The first-order valence-electron chi connectivity index (χ1n) is 9.94. The third-order valence-electron chi connectivity index (χ3n) is 5.01. The third kappa shape index (κ3) is 6.54. The van der Waals surface area contributed by atoms with Gasteiger partial charge < -0.3 is 20.4 Å². The minimum atomic E-state index is -1.16. The summed E-state index contributed by atoms with van der Waals surface area (Å²) in [4.78, 5) is 28.0. The van der Waals surface area contributed by atoms with Gasteiger partial charge in [-0.3, -0.25) is 9.59 Å². The number of nitrogens with zero attached hydrogens (tertiary/aromatic N) is 2. The van der Waals surface area contributed by atoms with E-state index in [2.05, 4.69) is 34.3 Å². The van der Waals surface area contributed by atoms with Crippen LogP contribution < -0.4 is 15.5 Å². The lowest BCUT2D eigenvalue weighted by Gasteiger charge is -2.30. The summed E-state index contributed by atoms with van der Waals surface area (Å²) >= 11 is 11.2. The van der Waals surface area contributed by atoms with Crippen molar-refractivity contribution >= 4 is 46.4 Å². The van der Waals surface area contributed by atoms with Crippen LogP contribution in [0.4, 0.5) is 11.4 Å². The fourth-order valence-corrected chi connectivity index (χ4v) is 3.47. The number of nitrogens with one attached hydrogen (secondary N) is 2. The molecule has 1 fully saturated rings. The molecule has 0 saturated carbocycles. The van der Waals surface area contributed by atoms with Gasteiger partial charge in [0.15, 0.2) is 4.84 Å². The minimum absolute atomic E-state index is 0.142. The monoisotopic (exact) mass is 428 g/mol. The highest BCUT2D eigenvalue weighted by atomic mass is 35.5. The molecule has 1 saturated heterocycles. The number of benzene rings is 1. The van der Waals surface area contributed by atoms with Crippen molar-refractivity contribution in [3.05, 3.63) is 23.8 Å². The van der Waals surface area contributed by atoms with Gasteiger partial charge in [-0.2, -0.15) is 0 Å². The summed E-state index contributed by atoms with van der Waals surface area (Å²) in [5, 5.41) is 5.66. The van der Waals surface area contributed by atoms with Crippen molar-refractivity contribution < 1.29 is 9.59 Å². The summed E-state index contributed by atoms with van der Waals surface area (Å²) in [7, 11) is 0. The fraction of sp³-hybridized carbons (Fsp3) is 0.600. The summed E-state index contributed by atoms with van der Waals surface area (Å²) in [6.45, 7) is 9.33. The van der Waals surface area contributed by atoms with Gasteiger partial charge >= 0.3 is 0 Å². The average Bonchev–Trinajstić information content (AvgIpc) is 2.71. The van der Waals surface area contributed by atoms with E-state index >= 15 is 0 Å². The van der Waals surface area contributed by atoms with E-state index in [1.165, 1.54) is 6.42 Å². The molecule has 1 aliphatic heterocycles. The van der Waals surface area contributed by atoms with Crippen LogP contribution in [-0.4, -0.2) is 60.8 Å². The number of halogens is 2. The summed E-state index contributed by atoms with van der Waals surface area (Å²) in [6, 6.07) is 5.37. The molecule has 1 heterocycles. The molecule has 0 radical (unpaired) electrons. The Hall–Kier alpha value is -1.50. The van der Waals surface area contributed by atoms with Crippen LogP contribution in [0.15, 0.2) is 18.2 Å². The van der Waals surface area contributed by atoms with E-state index in [0.717, 1.165) is 51.3 Å². The number of hydrogen-bond acceptors (Lipinski definition) is 4. The molecule has 156 valence electrons. The van der Waals surface area contributed by atoms with Crippen LogP contribution in [0, 0.1) is 0 Å². The topological polar surface area (TPSA) is 64.7 Å². The second-order valence-corrected chi connectivity index (χ2v) is 7.95. The highest BCUT2D eigenvalue weighted by Crippen LogP contribution is 2.27. The van der Waals surface area contributed by atoms with Gasteiger partial charge in [0.25, 0.3) is 11.8 Å². The van der Waals surface area contributed by atoms with Crippen molar-refractivity contribution in [2.75, 3.05) is 49.5 Å². The first-order chi connectivity index (χ1) is 13.5. The Morgan fingerprint density at radius 2 is 1.82 bits per heavy atom. The molecule has 0 atom stereocenters. The first-order valence-corrected chi connectivity index (χ1v) is 10.8. The number of amides is 2. The van der Waals surface area contributed by atoms with Crippen LogP contribution in [0.2, 0.25) is 0 Å². The largest absolute Gasteiger partial charge is 0.371 e. The Morgan fingerprint density at radius 1 is 1.14 bits per heavy atom. The maximum atomic E-state index is 12.9. The summed E-state index contributed by atoms with van der Waals surface area (Å²) < 4.78 is 0. The molecule has 2 rings (SSSR count). The summed E-state index contributed by atoms with van der Waals surface area (Å²) in [6.07, 6.45) is 3.44. The lowest BCUT2D eigenvalue weighted by Crippen LogP contribution is -2.36. The van der Waals surface area contributed by atoms with E-state index in [4.69, 9.17) is 23.2 Å². The number of piperidine rings is 1. The number of anilines is 2. The molecule has 0 spiro atoms. The fourth-order valence-electron chi connectivity index (χ4n) is 3.37. The molecule has 8 heteroatoms. The molecule has 1 aromatic rings. The maximum absolute atomic E-state index is 12.9. The van der Waals surface area contributed by atoms with Gasteiger partial charge in [0.05, 0.1) is 5.56 Å². The van der Waals surface area contributed by atoms with Crippen LogP contribution >= 0.6 is 23.2 Å². The first kappa shape index (κ1) is 22.8. The maximum Gasteiger partial charge on any atom is 0.257 e. The molecule has 1 aliphatic rings. The number of rotatable bonds is 9. The standard InChI is InChI=1S/C20H30Cl2N4O2/c1-3-25(4-2)13-10-23-19(27)16-14-15(24-20(28)18(21)22)8-9-17(16)26-11-6-5-7-12-26/h8-9,14,18H,3-7,10-13H2,1-2H3,(H,23,27)(H,24,28). The smallest absolute Gasteiger partial charge is 0.257 e. The van der Waals surface area contributed by atoms with Crippen LogP contribution in [0.25, 0.3) is 0 Å². The Kier molecular flexibility index (Phi) is 9.35. The Bertz CT molecular complexity index is 660. The lowest BCUT2D eigenvalue weighted by molar-refractivity contribution is -0.114. The summed E-state index contributed by atoms with van der Waals surface area (Å²) in [5.41, 5.74) is 1.96. The van der Waals surface area contributed by atoms with E-state index in [0.29, 0.717) is 17.8 Å². The molecule has 1 aromatic carbocycles. The lowest BCUT2D eigenvalue weighted by atomic mass is 10.1. The van der Waals surface area contributed by atoms with Gasteiger partial charge in [0.1, 0.15) is 0 Å². The predicted octanol–water partition coefficient (Wildman–Crippen LogP) is 3.49. The normalized spacial score (nSPS) is 14.4. The minimum Gasteiger partial charge on any atom is -0.371 e. The number of carbonyl (C=O) groups is 2. The second kappa shape index (κ2) is 11.5. The predicted molar refractivity (Wildman–Crippen MR) is 117 cm³/mol. The Balaban J connectivity index is 2.18. The zero-order valence-electron chi connectivity index (χ0n) is 16.6. The van der Waals surface area contributed by atoms with E-state index < -0.39 is 10.7 Å². The molecule has 0 unspecified atom stereocenters. The van der Waals surface area contributed by atoms with Gasteiger partial charge in [0, 0.05) is 37.6 Å². The van der Waals surface area contributed by atoms with E-state index in [1.807, 2.05) is 6.07 Å². The number of hydrogen-bond donors (Lipinski definition) is 2. The number of alkyl halides is 2. The quantitative estimate of drug-likeness (QED) is 0.590. The second-order valence-electron chi connectivity index (χ2n) is 6.85. The van der Waals surface area contributed by atoms with Crippen molar-refractivity contribution in [1.29, 1.82) is 0 Å². The summed E-state index contributed by atoms with van der Waals surface area (Å²) in [5.74, 6) is -0.654. The van der Waals surface area contributed by atoms with Crippen molar-refractivity contribution in [3.8, 4) is 0 Å². The van der Waals surface area contributed by atoms with E-state index in [9.17, 15) is 9.59 Å². The molecule has 6 nitrogen and oxygen atoms in total. The zero-order chi connectivity index (χ0) is 20.5. The highest BCUT2D eigenvalue weighted by Gasteiger charge is 2.20. The van der Waals surface area contributed by atoms with E-state index in [-0.39, 0.29) is 5.91 Å². The third-order valence-corrected chi connectivity index (χ3v) is 5.41. The van der Waals surface area contributed by atoms with Crippen molar-refractivity contribution in [3.63, 3.8) is 0 Å². The van der Waals surface area contributed by atoms with Gasteiger partial charge in [-0.05, 0) is 50.6 Å². The SMILES string of the molecule is CCN(CC)CCNC(=O)c1cc(NC(=O)C(Cl)Cl)ccc1N1CCCCC1. The van der Waals surface area contributed by atoms with Gasteiger partial charge in [-0.25, -0.2) is 0 Å². The molecule has 2 N–H and O–H groups in total. The van der Waals surface area contributed by atoms with E-state index in [1.54, 1.807) is 12.1 Å². The van der Waals surface area contributed by atoms with Crippen LogP contribution in [-0.2, 0) is 4.79 Å². The molecule has 0 bridgehead atoms. The van der Waals surface area contributed by atoms with Crippen molar-refractivity contribution in [1.82, 2.24) is 10.2 Å². The Labute approximate surface area is 177 Å². The van der Waals surface area contributed by atoms with Crippen LogP contribution in [0.1, 0.15) is 43.5 Å². The van der Waals surface area contributed by atoms with Crippen LogP contribution in [0.5, 0.6) is 0 Å². The van der Waals surface area contributed by atoms with Crippen molar-refractivity contribution in [2.24, 2.45) is 0 Å². The molecule has 28 heavy (non-hydrogen) atoms. The zero-order valence-corrected chi connectivity index (χ0v) is 18.2. The van der Waals surface area contributed by atoms with Crippen molar-refractivity contribution in [2.45, 2.75) is 37.9 Å².